The van der Waals surface area contributed by atoms with Crippen LogP contribution in [-0.4, -0.2) is 31.8 Å². The topological polar surface area (TPSA) is 48.4 Å². The van der Waals surface area contributed by atoms with Gasteiger partial charge in [0.25, 0.3) is 0 Å². The summed E-state index contributed by atoms with van der Waals surface area (Å²) in [5.41, 5.74) is 0.341. The first kappa shape index (κ1) is 11.6. The maximum absolute atomic E-state index is 11.1. The number of rotatable bonds is 4. The summed E-state index contributed by atoms with van der Waals surface area (Å²) in [7, 11) is 2.95. The minimum atomic E-state index is -0.412. The fraction of sp³-hybridized carbons (Fsp3) is 0.500. The van der Waals surface area contributed by atoms with Crippen molar-refractivity contribution in [2.45, 2.75) is 4.83 Å². The highest BCUT2D eigenvalue weighted by Crippen LogP contribution is 2.26. The Morgan fingerprint density at radius 3 is 3.00 bits per heavy atom. The van der Waals surface area contributed by atoms with Crippen LogP contribution in [0.15, 0.2) is 5.38 Å². The van der Waals surface area contributed by atoms with Crippen LogP contribution in [0.25, 0.3) is 0 Å². The molecule has 4 nitrogen and oxygen atoms in total. The molecule has 1 rings (SSSR count). The van der Waals surface area contributed by atoms with Gasteiger partial charge in [-0.25, -0.2) is 9.78 Å². The van der Waals surface area contributed by atoms with Gasteiger partial charge in [0.15, 0.2) is 5.69 Å². The monoisotopic (exact) mass is 279 g/mol. The Bertz CT molecular complexity index is 315. The predicted octanol–water partition coefficient (Wildman–Crippen LogP) is 2.01. The van der Waals surface area contributed by atoms with Gasteiger partial charge in [-0.2, -0.15) is 0 Å². The third kappa shape index (κ3) is 2.76. The number of alkyl halides is 1. The van der Waals surface area contributed by atoms with E-state index in [2.05, 4.69) is 25.7 Å². The number of hydrogen-bond acceptors (Lipinski definition) is 5. The first-order valence-electron chi connectivity index (χ1n) is 3.85. The van der Waals surface area contributed by atoms with Gasteiger partial charge < -0.3 is 9.47 Å². The third-order valence-corrected chi connectivity index (χ3v) is 3.46. The van der Waals surface area contributed by atoms with Gasteiger partial charge in [0.1, 0.15) is 5.01 Å². The SMILES string of the molecule is COCC(Br)c1nc(C(=O)OC)cs1. The fourth-order valence-electron chi connectivity index (χ4n) is 0.847. The van der Waals surface area contributed by atoms with Crippen molar-refractivity contribution in [2.75, 3.05) is 20.8 Å². The Hall–Kier alpha value is -0.460. The van der Waals surface area contributed by atoms with Crippen molar-refractivity contribution in [1.82, 2.24) is 4.98 Å². The van der Waals surface area contributed by atoms with E-state index in [1.54, 1.807) is 12.5 Å². The molecule has 1 aromatic rings. The number of thiazole rings is 1. The van der Waals surface area contributed by atoms with Crippen LogP contribution in [0.5, 0.6) is 0 Å². The van der Waals surface area contributed by atoms with E-state index in [4.69, 9.17) is 4.74 Å². The van der Waals surface area contributed by atoms with Gasteiger partial charge in [-0.15, -0.1) is 11.3 Å². The largest absolute Gasteiger partial charge is 0.464 e. The van der Waals surface area contributed by atoms with Gasteiger partial charge in [-0.05, 0) is 0 Å². The van der Waals surface area contributed by atoms with Crippen LogP contribution >= 0.6 is 27.3 Å². The van der Waals surface area contributed by atoms with Crippen molar-refractivity contribution in [3.63, 3.8) is 0 Å². The molecule has 0 aliphatic carbocycles. The molecule has 0 bridgehead atoms. The van der Waals surface area contributed by atoms with Crippen LogP contribution in [0.3, 0.4) is 0 Å². The number of halogens is 1. The summed E-state index contributed by atoms with van der Waals surface area (Å²) in [4.78, 5) is 15.2. The summed E-state index contributed by atoms with van der Waals surface area (Å²) in [6, 6.07) is 0. The summed E-state index contributed by atoms with van der Waals surface area (Å²) in [6.07, 6.45) is 0. The van der Waals surface area contributed by atoms with E-state index < -0.39 is 5.97 Å². The molecule has 0 radical (unpaired) electrons. The Morgan fingerprint density at radius 1 is 1.71 bits per heavy atom. The highest BCUT2D eigenvalue weighted by molar-refractivity contribution is 9.09. The number of methoxy groups -OCH3 is 2. The van der Waals surface area contributed by atoms with Crippen LogP contribution < -0.4 is 0 Å². The molecule has 1 heterocycles. The molecule has 0 amide bonds. The van der Waals surface area contributed by atoms with E-state index in [0.29, 0.717) is 12.3 Å². The molecule has 78 valence electrons. The predicted molar refractivity (Wildman–Crippen MR) is 57.0 cm³/mol. The van der Waals surface area contributed by atoms with Crippen molar-refractivity contribution in [2.24, 2.45) is 0 Å². The second kappa shape index (κ2) is 5.43. The van der Waals surface area contributed by atoms with E-state index in [-0.39, 0.29) is 4.83 Å². The minimum absolute atomic E-state index is 0.0240. The molecule has 1 atom stereocenters. The van der Waals surface area contributed by atoms with Gasteiger partial charge in [0.2, 0.25) is 0 Å². The second-order valence-corrected chi connectivity index (χ2v) is 4.48. The molecule has 0 aliphatic rings. The maximum atomic E-state index is 11.1. The number of aromatic nitrogens is 1. The lowest BCUT2D eigenvalue weighted by atomic mass is 10.4. The molecule has 1 unspecified atom stereocenters. The second-order valence-electron chi connectivity index (χ2n) is 2.49. The van der Waals surface area contributed by atoms with Gasteiger partial charge in [0.05, 0.1) is 18.5 Å². The van der Waals surface area contributed by atoms with Gasteiger partial charge >= 0.3 is 5.97 Å². The number of carbonyl (C=O) groups excluding carboxylic acids is 1. The zero-order chi connectivity index (χ0) is 10.6. The van der Waals surface area contributed by atoms with Crippen LogP contribution in [0.1, 0.15) is 20.3 Å². The smallest absolute Gasteiger partial charge is 0.357 e. The highest BCUT2D eigenvalue weighted by Gasteiger charge is 2.15. The standard InChI is InChI=1S/C8H10BrNO3S/c1-12-3-5(9)7-10-6(4-14-7)8(11)13-2/h4-5H,3H2,1-2H3. The zero-order valence-corrected chi connectivity index (χ0v) is 10.2. The Morgan fingerprint density at radius 2 is 2.43 bits per heavy atom. The van der Waals surface area contributed by atoms with Gasteiger partial charge in [0, 0.05) is 12.5 Å². The van der Waals surface area contributed by atoms with E-state index in [9.17, 15) is 4.79 Å². The molecular weight excluding hydrogens is 270 g/mol. The minimum Gasteiger partial charge on any atom is -0.464 e. The van der Waals surface area contributed by atoms with Crippen molar-refractivity contribution < 1.29 is 14.3 Å². The summed E-state index contributed by atoms with van der Waals surface area (Å²) in [5, 5.41) is 2.48. The van der Waals surface area contributed by atoms with E-state index in [0.717, 1.165) is 5.01 Å². The van der Waals surface area contributed by atoms with E-state index in [1.165, 1.54) is 18.4 Å². The summed E-state index contributed by atoms with van der Waals surface area (Å²) in [5.74, 6) is -0.412. The summed E-state index contributed by atoms with van der Waals surface area (Å²) in [6.45, 7) is 0.522. The van der Waals surface area contributed by atoms with Crippen LogP contribution in [0.4, 0.5) is 0 Å². The van der Waals surface area contributed by atoms with Gasteiger partial charge in [-0.3, -0.25) is 0 Å². The molecule has 0 spiro atoms. The van der Waals surface area contributed by atoms with Crippen molar-refractivity contribution in [1.29, 1.82) is 0 Å². The average Bonchev–Trinajstić information content (AvgIpc) is 2.66. The third-order valence-electron chi connectivity index (χ3n) is 1.50. The Kier molecular flexibility index (Phi) is 4.50. The zero-order valence-electron chi connectivity index (χ0n) is 7.82. The highest BCUT2D eigenvalue weighted by atomic mass is 79.9. The lowest BCUT2D eigenvalue weighted by Gasteiger charge is -2.03. The average molecular weight is 280 g/mol. The van der Waals surface area contributed by atoms with Crippen molar-refractivity contribution in [3.05, 3.63) is 16.1 Å². The lowest BCUT2D eigenvalue weighted by molar-refractivity contribution is 0.0594. The number of ether oxygens (including phenoxy) is 2. The summed E-state index contributed by atoms with van der Waals surface area (Å²) >= 11 is 4.80. The quantitative estimate of drug-likeness (QED) is 0.625. The molecule has 14 heavy (non-hydrogen) atoms. The molecule has 0 aromatic carbocycles. The van der Waals surface area contributed by atoms with E-state index >= 15 is 0 Å². The molecule has 0 fully saturated rings. The molecular formula is C8H10BrNO3S. The van der Waals surface area contributed by atoms with Crippen molar-refractivity contribution >= 4 is 33.2 Å². The number of carbonyl (C=O) groups is 1. The van der Waals surface area contributed by atoms with Crippen LogP contribution in [0, 0.1) is 0 Å². The normalized spacial score (nSPS) is 12.5. The van der Waals surface area contributed by atoms with Crippen LogP contribution in [0.2, 0.25) is 0 Å². The lowest BCUT2D eigenvalue weighted by Crippen LogP contribution is -2.03. The summed E-state index contributed by atoms with van der Waals surface area (Å²) < 4.78 is 9.51. The fourth-order valence-corrected chi connectivity index (χ4v) is 2.29. The number of nitrogens with zero attached hydrogens (tertiary/aromatic N) is 1. The molecule has 0 aliphatic heterocycles. The number of esters is 1. The van der Waals surface area contributed by atoms with Crippen LogP contribution in [-0.2, 0) is 9.47 Å². The van der Waals surface area contributed by atoms with E-state index in [1.807, 2.05) is 0 Å². The number of hydrogen-bond donors (Lipinski definition) is 0. The first-order valence-corrected chi connectivity index (χ1v) is 5.65. The molecule has 1 aromatic heterocycles. The Balaban J connectivity index is 2.72. The molecule has 0 saturated carbocycles. The molecule has 0 N–H and O–H groups in total. The maximum Gasteiger partial charge on any atom is 0.357 e. The van der Waals surface area contributed by atoms with Crippen molar-refractivity contribution in [3.8, 4) is 0 Å². The Labute approximate surface area is 94.4 Å². The van der Waals surface area contributed by atoms with Gasteiger partial charge in [-0.1, -0.05) is 15.9 Å². The molecule has 6 heteroatoms. The first-order chi connectivity index (χ1) is 6.69. The molecule has 0 saturated heterocycles.